The van der Waals surface area contributed by atoms with Crippen LogP contribution in [-0.4, -0.2) is 48.6 Å². The topological polar surface area (TPSA) is 6.48 Å². The maximum atomic E-state index is 2.59. The molecule has 0 bridgehead atoms. The lowest BCUT2D eigenvalue weighted by Crippen LogP contribution is -2.37. The van der Waals surface area contributed by atoms with E-state index in [0.717, 1.165) is 12.0 Å². The Bertz CT molecular complexity index is 177. The molecule has 1 unspecified atom stereocenters. The van der Waals surface area contributed by atoms with Crippen molar-refractivity contribution in [2.75, 3.05) is 26.7 Å². The van der Waals surface area contributed by atoms with E-state index >= 15 is 0 Å². The van der Waals surface area contributed by atoms with E-state index in [0.29, 0.717) is 6.04 Å². The second-order valence-corrected chi connectivity index (χ2v) is 5.69. The minimum Gasteiger partial charge on any atom is -0.302 e. The standard InChI is InChI=1S/C13H28N2/c1-11(2)6-8-14(5)13-7-9-15(10-13)12(3)4/h11-13H,6-10H2,1-5H3. The van der Waals surface area contributed by atoms with Gasteiger partial charge in [0.1, 0.15) is 0 Å². The number of likely N-dealkylation sites (tertiary alicyclic amines) is 1. The van der Waals surface area contributed by atoms with E-state index < -0.39 is 0 Å². The molecule has 0 aliphatic carbocycles. The largest absolute Gasteiger partial charge is 0.302 e. The minimum absolute atomic E-state index is 0.716. The first-order chi connectivity index (χ1) is 7.00. The summed E-state index contributed by atoms with van der Waals surface area (Å²) in [6.45, 7) is 13.0. The molecule has 0 aromatic rings. The Morgan fingerprint density at radius 2 is 1.93 bits per heavy atom. The van der Waals surface area contributed by atoms with Crippen LogP contribution in [0.15, 0.2) is 0 Å². The molecule has 0 N–H and O–H groups in total. The number of hydrogen-bond acceptors (Lipinski definition) is 2. The molecule has 1 atom stereocenters. The van der Waals surface area contributed by atoms with Crippen LogP contribution in [-0.2, 0) is 0 Å². The van der Waals surface area contributed by atoms with Crippen LogP contribution in [0.1, 0.15) is 40.5 Å². The Labute approximate surface area is 95.6 Å². The average molecular weight is 212 g/mol. The van der Waals surface area contributed by atoms with E-state index in [2.05, 4.69) is 44.5 Å². The minimum atomic E-state index is 0.716. The van der Waals surface area contributed by atoms with Gasteiger partial charge in [-0.2, -0.15) is 0 Å². The third-order valence-electron chi connectivity index (χ3n) is 3.61. The Morgan fingerprint density at radius 1 is 1.27 bits per heavy atom. The second-order valence-electron chi connectivity index (χ2n) is 5.69. The van der Waals surface area contributed by atoms with Crippen LogP contribution >= 0.6 is 0 Å². The highest BCUT2D eigenvalue weighted by atomic mass is 15.2. The van der Waals surface area contributed by atoms with Crippen molar-refractivity contribution in [3.8, 4) is 0 Å². The highest BCUT2D eigenvalue weighted by molar-refractivity contribution is 4.83. The van der Waals surface area contributed by atoms with Gasteiger partial charge in [-0.1, -0.05) is 13.8 Å². The summed E-state index contributed by atoms with van der Waals surface area (Å²) in [7, 11) is 2.29. The zero-order valence-electron chi connectivity index (χ0n) is 11.2. The third kappa shape index (κ3) is 4.12. The van der Waals surface area contributed by atoms with Crippen LogP contribution in [0.2, 0.25) is 0 Å². The number of hydrogen-bond donors (Lipinski definition) is 0. The van der Waals surface area contributed by atoms with E-state index in [-0.39, 0.29) is 0 Å². The Kier molecular flexibility index (Phi) is 5.07. The van der Waals surface area contributed by atoms with Gasteiger partial charge in [-0.05, 0) is 46.2 Å². The molecular weight excluding hydrogens is 184 g/mol. The fraction of sp³-hybridized carbons (Fsp3) is 1.00. The summed E-state index contributed by atoms with van der Waals surface area (Å²) in [5, 5.41) is 0. The highest BCUT2D eigenvalue weighted by Gasteiger charge is 2.26. The molecule has 1 aliphatic rings. The van der Waals surface area contributed by atoms with Gasteiger partial charge >= 0.3 is 0 Å². The van der Waals surface area contributed by atoms with Gasteiger partial charge < -0.3 is 4.90 Å². The molecule has 0 radical (unpaired) electrons. The van der Waals surface area contributed by atoms with Crippen molar-refractivity contribution in [1.82, 2.24) is 9.80 Å². The first-order valence-electron chi connectivity index (χ1n) is 6.45. The van der Waals surface area contributed by atoms with E-state index in [4.69, 9.17) is 0 Å². The van der Waals surface area contributed by atoms with Crippen LogP contribution in [0, 0.1) is 5.92 Å². The molecule has 0 aromatic heterocycles. The Morgan fingerprint density at radius 3 is 2.40 bits per heavy atom. The zero-order chi connectivity index (χ0) is 11.4. The Hall–Kier alpha value is -0.0800. The van der Waals surface area contributed by atoms with Crippen LogP contribution in [0.3, 0.4) is 0 Å². The van der Waals surface area contributed by atoms with E-state index in [9.17, 15) is 0 Å². The van der Waals surface area contributed by atoms with Gasteiger partial charge in [0, 0.05) is 25.2 Å². The lowest BCUT2D eigenvalue weighted by Gasteiger charge is -2.26. The number of rotatable bonds is 5. The SMILES string of the molecule is CC(C)CCN(C)C1CCN(C(C)C)C1. The summed E-state index contributed by atoms with van der Waals surface area (Å²) in [5.74, 6) is 0.829. The summed E-state index contributed by atoms with van der Waals surface area (Å²) in [6, 6.07) is 1.51. The predicted octanol–water partition coefficient (Wildman–Crippen LogP) is 2.45. The predicted molar refractivity (Wildman–Crippen MR) is 67.2 cm³/mol. The quantitative estimate of drug-likeness (QED) is 0.690. The third-order valence-corrected chi connectivity index (χ3v) is 3.61. The van der Waals surface area contributed by atoms with E-state index in [1.807, 2.05) is 0 Å². The molecule has 0 spiro atoms. The van der Waals surface area contributed by atoms with Crippen molar-refractivity contribution in [2.24, 2.45) is 5.92 Å². The van der Waals surface area contributed by atoms with Crippen LogP contribution in [0.25, 0.3) is 0 Å². The van der Waals surface area contributed by atoms with Crippen LogP contribution in [0.4, 0.5) is 0 Å². The molecule has 1 heterocycles. The summed E-state index contributed by atoms with van der Waals surface area (Å²) in [5.41, 5.74) is 0. The van der Waals surface area contributed by atoms with Crippen molar-refractivity contribution in [2.45, 2.75) is 52.6 Å². The fourth-order valence-electron chi connectivity index (χ4n) is 2.24. The first-order valence-corrected chi connectivity index (χ1v) is 6.45. The van der Waals surface area contributed by atoms with Gasteiger partial charge in [0.25, 0.3) is 0 Å². The molecule has 0 saturated carbocycles. The Balaban J connectivity index is 2.27. The van der Waals surface area contributed by atoms with Gasteiger partial charge in [-0.3, -0.25) is 4.90 Å². The maximum Gasteiger partial charge on any atom is 0.0232 e. The van der Waals surface area contributed by atoms with Crippen molar-refractivity contribution in [3.63, 3.8) is 0 Å². The normalized spacial score (nSPS) is 23.6. The molecule has 0 amide bonds. The van der Waals surface area contributed by atoms with Crippen molar-refractivity contribution >= 4 is 0 Å². The summed E-state index contributed by atoms with van der Waals surface area (Å²) < 4.78 is 0. The van der Waals surface area contributed by atoms with Gasteiger partial charge in [-0.25, -0.2) is 0 Å². The summed E-state index contributed by atoms with van der Waals surface area (Å²) in [4.78, 5) is 5.15. The monoisotopic (exact) mass is 212 g/mol. The van der Waals surface area contributed by atoms with Gasteiger partial charge in [0.15, 0.2) is 0 Å². The van der Waals surface area contributed by atoms with E-state index in [1.54, 1.807) is 0 Å². The van der Waals surface area contributed by atoms with Gasteiger partial charge in [-0.15, -0.1) is 0 Å². The summed E-state index contributed by atoms with van der Waals surface area (Å²) in [6.07, 6.45) is 2.68. The van der Waals surface area contributed by atoms with E-state index in [1.165, 1.54) is 32.5 Å². The van der Waals surface area contributed by atoms with Gasteiger partial charge in [0.05, 0.1) is 0 Å². The molecule has 2 nitrogen and oxygen atoms in total. The molecule has 90 valence electrons. The molecule has 0 aromatic carbocycles. The first kappa shape index (κ1) is 13.0. The molecular formula is C13H28N2. The molecule has 1 fully saturated rings. The van der Waals surface area contributed by atoms with Crippen molar-refractivity contribution in [1.29, 1.82) is 0 Å². The lowest BCUT2D eigenvalue weighted by atomic mass is 10.1. The highest BCUT2D eigenvalue weighted by Crippen LogP contribution is 2.17. The van der Waals surface area contributed by atoms with Crippen LogP contribution in [0.5, 0.6) is 0 Å². The smallest absolute Gasteiger partial charge is 0.0232 e. The molecule has 1 rings (SSSR count). The fourth-order valence-corrected chi connectivity index (χ4v) is 2.24. The average Bonchev–Trinajstić information content (AvgIpc) is 2.62. The molecule has 1 saturated heterocycles. The van der Waals surface area contributed by atoms with Crippen molar-refractivity contribution in [3.05, 3.63) is 0 Å². The number of likely N-dealkylation sites (N-methyl/N-ethyl adjacent to an activating group) is 1. The lowest BCUT2D eigenvalue weighted by molar-refractivity contribution is 0.207. The second kappa shape index (κ2) is 5.86. The molecule has 2 heteroatoms. The van der Waals surface area contributed by atoms with Crippen LogP contribution < -0.4 is 0 Å². The van der Waals surface area contributed by atoms with Gasteiger partial charge in [0.2, 0.25) is 0 Å². The van der Waals surface area contributed by atoms with Crippen molar-refractivity contribution < 1.29 is 0 Å². The molecule has 1 aliphatic heterocycles. The maximum absolute atomic E-state index is 2.59. The summed E-state index contributed by atoms with van der Waals surface area (Å²) >= 11 is 0. The zero-order valence-corrected chi connectivity index (χ0v) is 11.2. The molecule has 15 heavy (non-hydrogen) atoms. The number of nitrogens with zero attached hydrogens (tertiary/aromatic N) is 2.